The number of rotatable bonds is 5. The molecule has 1 aliphatic rings. The van der Waals surface area contributed by atoms with Crippen LogP contribution < -0.4 is 15.5 Å². The van der Waals surface area contributed by atoms with Gasteiger partial charge in [-0.25, -0.2) is 4.98 Å². The minimum absolute atomic E-state index is 0.157. The van der Waals surface area contributed by atoms with Gasteiger partial charge in [-0.3, -0.25) is 4.79 Å². The number of nitrogens with zero attached hydrogens (tertiary/aromatic N) is 3. The topological polar surface area (TPSA) is 60.5 Å². The van der Waals surface area contributed by atoms with Crippen molar-refractivity contribution in [3.63, 3.8) is 0 Å². The Kier molecular flexibility index (Phi) is 5.72. The number of anilines is 4. The molecule has 0 unspecified atom stereocenters. The van der Waals surface area contributed by atoms with Crippen LogP contribution in [0.4, 0.5) is 22.9 Å². The molecule has 1 aromatic heterocycles. The normalized spacial score (nSPS) is 14.4. The Bertz CT molecular complexity index is 951. The average Bonchev–Trinajstić information content (AvgIpc) is 2.76. The van der Waals surface area contributed by atoms with Crippen LogP contribution in [0, 0.1) is 0 Å². The molecular formula is C23H25N5O. The first kappa shape index (κ1) is 19.0. The fraction of sp³-hybridized carbons (Fsp3) is 0.217. The minimum Gasteiger partial charge on any atom is -0.369 e. The highest BCUT2D eigenvalue weighted by Gasteiger charge is 2.14. The quantitative estimate of drug-likeness (QED) is 0.697. The molecule has 2 heterocycles. The summed E-state index contributed by atoms with van der Waals surface area (Å²) in [6, 6.07) is 21.3. The summed E-state index contributed by atoms with van der Waals surface area (Å²) in [6.45, 7) is 4.19. The molecule has 1 aliphatic heterocycles. The van der Waals surface area contributed by atoms with E-state index in [1.807, 2.05) is 42.5 Å². The highest BCUT2D eigenvalue weighted by Crippen LogP contribution is 2.20. The number of para-hydroxylation sites is 1. The molecule has 0 atom stereocenters. The molecule has 0 saturated carbocycles. The largest absolute Gasteiger partial charge is 0.369 e. The second kappa shape index (κ2) is 8.75. The van der Waals surface area contributed by atoms with Crippen molar-refractivity contribution < 1.29 is 4.79 Å². The van der Waals surface area contributed by atoms with Gasteiger partial charge < -0.3 is 20.4 Å². The van der Waals surface area contributed by atoms with Crippen LogP contribution in [-0.2, 0) is 0 Å². The van der Waals surface area contributed by atoms with Crippen LogP contribution in [0.3, 0.4) is 0 Å². The Labute approximate surface area is 171 Å². The van der Waals surface area contributed by atoms with Crippen molar-refractivity contribution in [3.8, 4) is 0 Å². The number of aromatic nitrogens is 1. The molecule has 0 spiro atoms. The molecular weight excluding hydrogens is 362 g/mol. The molecule has 3 aromatic rings. The lowest BCUT2D eigenvalue weighted by Crippen LogP contribution is -2.44. The minimum atomic E-state index is -0.157. The third-order valence-corrected chi connectivity index (χ3v) is 5.06. The van der Waals surface area contributed by atoms with Gasteiger partial charge in [-0.1, -0.05) is 18.2 Å². The van der Waals surface area contributed by atoms with Gasteiger partial charge in [0.2, 0.25) is 0 Å². The van der Waals surface area contributed by atoms with Crippen molar-refractivity contribution in [1.82, 2.24) is 9.88 Å². The maximum absolute atomic E-state index is 12.7. The standard InChI is InChI=1S/C23H25N5O/c1-27-13-15-28(16-14-27)21-9-7-20(8-10-21)26-23(29)18-11-12-24-22(17-18)25-19-5-3-2-4-6-19/h2-12,17H,13-16H2,1H3,(H,24,25)(H,26,29). The van der Waals surface area contributed by atoms with E-state index < -0.39 is 0 Å². The van der Waals surface area contributed by atoms with Crippen molar-refractivity contribution in [3.05, 3.63) is 78.5 Å². The molecule has 6 heteroatoms. The van der Waals surface area contributed by atoms with Gasteiger partial charge in [0, 0.05) is 55.0 Å². The Balaban J connectivity index is 1.39. The predicted octanol–water partition coefficient (Wildman–Crippen LogP) is 3.83. The van der Waals surface area contributed by atoms with Gasteiger partial charge in [-0.05, 0) is 55.6 Å². The smallest absolute Gasteiger partial charge is 0.255 e. The number of benzene rings is 2. The highest BCUT2D eigenvalue weighted by atomic mass is 16.1. The SMILES string of the molecule is CN1CCN(c2ccc(NC(=O)c3ccnc(Nc4ccccc4)c3)cc2)CC1. The van der Waals surface area contributed by atoms with Gasteiger partial charge in [0.1, 0.15) is 5.82 Å². The Morgan fingerprint density at radius 2 is 1.62 bits per heavy atom. The van der Waals surface area contributed by atoms with E-state index in [-0.39, 0.29) is 5.91 Å². The molecule has 4 rings (SSSR count). The zero-order valence-electron chi connectivity index (χ0n) is 16.5. The van der Waals surface area contributed by atoms with E-state index >= 15 is 0 Å². The van der Waals surface area contributed by atoms with E-state index in [1.54, 1.807) is 18.3 Å². The fourth-order valence-corrected chi connectivity index (χ4v) is 3.33. The lowest BCUT2D eigenvalue weighted by atomic mass is 10.2. The zero-order chi connectivity index (χ0) is 20.1. The number of hydrogen-bond donors (Lipinski definition) is 2. The first-order valence-corrected chi connectivity index (χ1v) is 9.80. The van der Waals surface area contributed by atoms with Crippen LogP contribution in [-0.4, -0.2) is 49.0 Å². The van der Waals surface area contributed by atoms with Crippen LogP contribution >= 0.6 is 0 Å². The predicted molar refractivity (Wildman–Crippen MR) is 118 cm³/mol. The molecule has 1 saturated heterocycles. The maximum Gasteiger partial charge on any atom is 0.255 e. The molecule has 6 nitrogen and oxygen atoms in total. The Morgan fingerprint density at radius 3 is 2.34 bits per heavy atom. The summed E-state index contributed by atoms with van der Waals surface area (Å²) in [5.41, 5.74) is 3.45. The van der Waals surface area contributed by atoms with Gasteiger partial charge in [-0.2, -0.15) is 0 Å². The summed E-state index contributed by atoms with van der Waals surface area (Å²) in [4.78, 5) is 21.7. The molecule has 2 N–H and O–H groups in total. The molecule has 2 aromatic carbocycles. The summed E-state index contributed by atoms with van der Waals surface area (Å²) in [7, 11) is 2.15. The summed E-state index contributed by atoms with van der Waals surface area (Å²) < 4.78 is 0. The monoisotopic (exact) mass is 387 g/mol. The number of piperazine rings is 1. The number of carbonyl (C=O) groups excluding carboxylic acids is 1. The van der Waals surface area contributed by atoms with Crippen molar-refractivity contribution in [2.75, 3.05) is 48.8 Å². The van der Waals surface area contributed by atoms with E-state index in [0.717, 1.165) is 37.6 Å². The van der Waals surface area contributed by atoms with Gasteiger partial charge >= 0.3 is 0 Å². The summed E-state index contributed by atoms with van der Waals surface area (Å²) in [6.07, 6.45) is 1.64. The lowest BCUT2D eigenvalue weighted by Gasteiger charge is -2.34. The molecule has 0 aliphatic carbocycles. The van der Waals surface area contributed by atoms with Crippen molar-refractivity contribution in [1.29, 1.82) is 0 Å². The number of hydrogen-bond acceptors (Lipinski definition) is 5. The molecule has 148 valence electrons. The number of carbonyl (C=O) groups is 1. The van der Waals surface area contributed by atoms with Crippen LogP contribution in [0.5, 0.6) is 0 Å². The summed E-state index contributed by atoms with van der Waals surface area (Å²) in [5, 5.41) is 6.18. The highest BCUT2D eigenvalue weighted by molar-refractivity contribution is 6.04. The molecule has 1 amide bonds. The zero-order valence-corrected chi connectivity index (χ0v) is 16.5. The molecule has 1 fully saturated rings. The number of likely N-dealkylation sites (N-methyl/N-ethyl adjacent to an activating group) is 1. The van der Waals surface area contributed by atoms with Crippen LogP contribution in [0.25, 0.3) is 0 Å². The third-order valence-electron chi connectivity index (χ3n) is 5.06. The Hall–Kier alpha value is -3.38. The first-order chi connectivity index (χ1) is 14.2. The van der Waals surface area contributed by atoms with E-state index in [1.165, 1.54) is 5.69 Å². The van der Waals surface area contributed by atoms with Gasteiger partial charge in [-0.15, -0.1) is 0 Å². The van der Waals surface area contributed by atoms with Crippen molar-refractivity contribution in [2.45, 2.75) is 0 Å². The van der Waals surface area contributed by atoms with Gasteiger partial charge in [0.25, 0.3) is 5.91 Å². The second-order valence-corrected chi connectivity index (χ2v) is 7.21. The summed E-state index contributed by atoms with van der Waals surface area (Å²) >= 11 is 0. The van der Waals surface area contributed by atoms with Crippen LogP contribution in [0.1, 0.15) is 10.4 Å². The molecule has 0 bridgehead atoms. The van der Waals surface area contributed by atoms with Gasteiger partial charge in [0.05, 0.1) is 0 Å². The van der Waals surface area contributed by atoms with E-state index in [4.69, 9.17) is 0 Å². The van der Waals surface area contributed by atoms with Gasteiger partial charge in [0.15, 0.2) is 0 Å². The van der Waals surface area contributed by atoms with E-state index in [2.05, 4.69) is 44.6 Å². The fourth-order valence-electron chi connectivity index (χ4n) is 3.33. The third kappa shape index (κ3) is 4.92. The number of pyridine rings is 1. The number of amides is 1. The second-order valence-electron chi connectivity index (χ2n) is 7.21. The summed E-state index contributed by atoms with van der Waals surface area (Å²) in [5.74, 6) is 0.477. The van der Waals surface area contributed by atoms with Crippen molar-refractivity contribution >= 4 is 28.8 Å². The number of nitrogens with one attached hydrogen (secondary N) is 2. The molecule has 0 radical (unpaired) electrons. The Morgan fingerprint density at radius 1 is 0.897 bits per heavy atom. The van der Waals surface area contributed by atoms with E-state index in [0.29, 0.717) is 11.4 Å². The first-order valence-electron chi connectivity index (χ1n) is 9.80. The average molecular weight is 387 g/mol. The van der Waals surface area contributed by atoms with Crippen molar-refractivity contribution in [2.24, 2.45) is 0 Å². The lowest BCUT2D eigenvalue weighted by molar-refractivity contribution is 0.102. The van der Waals surface area contributed by atoms with Crippen LogP contribution in [0.15, 0.2) is 72.9 Å². The van der Waals surface area contributed by atoms with E-state index in [9.17, 15) is 4.79 Å². The van der Waals surface area contributed by atoms with Crippen LogP contribution in [0.2, 0.25) is 0 Å². The maximum atomic E-state index is 12.7. The molecule has 29 heavy (non-hydrogen) atoms.